The molecule has 0 fully saturated rings. The molecule has 2 aromatic heterocycles. The minimum absolute atomic E-state index is 0.337. The van der Waals surface area contributed by atoms with Gasteiger partial charge in [-0.1, -0.05) is 91.1 Å². The number of nitriles is 1. The van der Waals surface area contributed by atoms with E-state index < -0.39 is 0 Å². The van der Waals surface area contributed by atoms with Crippen molar-refractivity contribution in [3.63, 3.8) is 0 Å². The highest BCUT2D eigenvalue weighted by Gasteiger charge is 2.34. The fourth-order valence-corrected chi connectivity index (χ4v) is 7.87. The highest BCUT2D eigenvalue weighted by molar-refractivity contribution is 6.36. The number of amides is 2. The number of aromatic nitrogens is 2. The van der Waals surface area contributed by atoms with Crippen LogP contribution in [0.4, 0.5) is 5.69 Å². The fraction of sp³-hybridized carbons (Fsp3) is 0.0455. The van der Waals surface area contributed by atoms with Crippen LogP contribution in [0.5, 0.6) is 0 Å². The molecule has 0 N–H and O–H groups in total. The lowest BCUT2D eigenvalue weighted by Crippen LogP contribution is -2.40. The van der Waals surface area contributed by atoms with Crippen LogP contribution in [0.15, 0.2) is 145 Å². The number of hydrogen-bond acceptors (Lipinski definition) is 4. The van der Waals surface area contributed by atoms with Gasteiger partial charge in [-0.15, -0.1) is 0 Å². The Bertz CT molecular complexity index is 2820. The molecule has 1 unspecified atom stereocenters. The van der Waals surface area contributed by atoms with Gasteiger partial charge in [-0.2, -0.15) is 5.26 Å². The molecule has 0 saturated heterocycles. The molecule has 10 rings (SSSR count). The summed E-state index contributed by atoms with van der Waals surface area (Å²) in [6.07, 6.45) is 13.8. The van der Waals surface area contributed by atoms with Crippen molar-refractivity contribution >= 4 is 61.4 Å². The number of allylic oxidation sites excluding steroid dienone is 8. The smallest absolute Gasteiger partial charge is 0.265 e. The predicted octanol–water partition coefficient (Wildman–Crippen LogP) is 9.59. The molecular formula is C44H26N4O2. The molecular weight excluding hydrogens is 617 g/mol. The van der Waals surface area contributed by atoms with Gasteiger partial charge in [-0.25, -0.2) is 9.88 Å². The number of carbonyl (C=O) groups is 2. The van der Waals surface area contributed by atoms with Crippen molar-refractivity contribution in [3.8, 4) is 17.2 Å². The van der Waals surface area contributed by atoms with E-state index in [1.165, 1.54) is 16.0 Å². The molecule has 50 heavy (non-hydrogen) atoms. The standard InChI is InChI=1S/C44H26N4O2/c45-25-32-23-31-15-14-30(24-40(31)48-39-11-4-3-10-38(39)46-42(32)48)34-20-21-37-41-35(34)8-5-9-36(41)43(49)47(44(37)50)33-18-16-27(17-19-33)29-13-12-26-6-1-2-7-28(26)22-29/h1-21,23-24,28H,22H2. The predicted molar refractivity (Wildman–Crippen MR) is 198 cm³/mol. The van der Waals surface area contributed by atoms with E-state index in [0.29, 0.717) is 39.3 Å². The van der Waals surface area contributed by atoms with Crippen molar-refractivity contribution in [1.29, 1.82) is 5.26 Å². The van der Waals surface area contributed by atoms with Crippen molar-refractivity contribution in [2.45, 2.75) is 6.42 Å². The Labute approximate surface area is 286 Å². The van der Waals surface area contributed by atoms with Crippen LogP contribution in [-0.2, 0) is 0 Å². The van der Waals surface area contributed by atoms with Crippen LogP contribution in [0.25, 0.3) is 55.1 Å². The van der Waals surface area contributed by atoms with Crippen molar-refractivity contribution in [1.82, 2.24) is 9.38 Å². The minimum atomic E-state index is -0.337. The van der Waals surface area contributed by atoms with E-state index in [9.17, 15) is 14.9 Å². The number of para-hydroxylation sites is 2. The first-order valence-corrected chi connectivity index (χ1v) is 16.6. The monoisotopic (exact) mass is 642 g/mol. The number of rotatable bonds is 3. The van der Waals surface area contributed by atoms with Gasteiger partial charge in [0.1, 0.15) is 6.07 Å². The summed E-state index contributed by atoms with van der Waals surface area (Å²) in [5.41, 5.74) is 10.8. The number of fused-ring (bicyclic) bond motifs is 6. The average molecular weight is 643 g/mol. The summed E-state index contributed by atoms with van der Waals surface area (Å²) in [7, 11) is 0. The Kier molecular flexibility index (Phi) is 5.97. The molecule has 3 aliphatic rings. The van der Waals surface area contributed by atoms with Gasteiger partial charge in [-0.3, -0.25) is 14.0 Å². The maximum absolute atomic E-state index is 14.1. The first kappa shape index (κ1) is 28.2. The Morgan fingerprint density at radius 2 is 1.54 bits per heavy atom. The molecule has 3 heterocycles. The van der Waals surface area contributed by atoms with Gasteiger partial charge in [0.2, 0.25) is 0 Å². The maximum atomic E-state index is 14.1. The number of nitrogens with zero attached hydrogens (tertiary/aromatic N) is 4. The summed E-state index contributed by atoms with van der Waals surface area (Å²) in [4.78, 5) is 34.3. The van der Waals surface area contributed by atoms with E-state index in [2.05, 4.69) is 48.6 Å². The van der Waals surface area contributed by atoms with Crippen LogP contribution in [0.2, 0.25) is 0 Å². The van der Waals surface area contributed by atoms with E-state index in [-0.39, 0.29) is 11.8 Å². The summed E-state index contributed by atoms with van der Waals surface area (Å²) in [6, 6.07) is 35.4. The van der Waals surface area contributed by atoms with E-state index in [4.69, 9.17) is 4.98 Å². The fourth-order valence-electron chi connectivity index (χ4n) is 7.87. The van der Waals surface area contributed by atoms with Crippen molar-refractivity contribution in [2.75, 3.05) is 4.90 Å². The van der Waals surface area contributed by atoms with Crippen molar-refractivity contribution in [3.05, 3.63) is 167 Å². The average Bonchev–Trinajstić information content (AvgIpc) is 3.56. The lowest BCUT2D eigenvalue weighted by atomic mass is 9.82. The zero-order valence-corrected chi connectivity index (χ0v) is 26.7. The van der Waals surface area contributed by atoms with Crippen LogP contribution in [0.1, 0.15) is 38.3 Å². The lowest BCUT2D eigenvalue weighted by Gasteiger charge is -2.28. The summed E-state index contributed by atoms with van der Waals surface area (Å²) in [5.74, 6) is -0.309. The van der Waals surface area contributed by atoms with Crippen LogP contribution in [-0.4, -0.2) is 21.2 Å². The van der Waals surface area contributed by atoms with Crippen LogP contribution < -0.4 is 4.90 Å². The molecule has 5 aromatic carbocycles. The van der Waals surface area contributed by atoms with Crippen LogP contribution in [0.3, 0.4) is 0 Å². The molecule has 0 saturated carbocycles. The molecule has 234 valence electrons. The van der Waals surface area contributed by atoms with Gasteiger partial charge in [0, 0.05) is 27.8 Å². The highest BCUT2D eigenvalue weighted by Crippen LogP contribution is 2.40. The number of pyridine rings is 1. The first-order chi connectivity index (χ1) is 24.6. The zero-order chi connectivity index (χ0) is 33.5. The lowest BCUT2D eigenvalue weighted by molar-refractivity contribution is 0.0893. The molecule has 0 radical (unpaired) electrons. The van der Waals surface area contributed by atoms with Crippen molar-refractivity contribution in [2.24, 2.45) is 5.92 Å². The summed E-state index contributed by atoms with van der Waals surface area (Å²) >= 11 is 0. The highest BCUT2D eigenvalue weighted by atomic mass is 16.2. The molecule has 2 aliphatic carbocycles. The third-order valence-corrected chi connectivity index (χ3v) is 10.3. The number of carbonyl (C=O) groups excluding carboxylic acids is 2. The number of anilines is 1. The normalized spacial score (nSPS) is 16.6. The van der Waals surface area contributed by atoms with E-state index in [1.54, 1.807) is 6.07 Å². The van der Waals surface area contributed by atoms with Crippen molar-refractivity contribution < 1.29 is 9.59 Å². The second-order valence-electron chi connectivity index (χ2n) is 13.0. The van der Waals surface area contributed by atoms with E-state index in [0.717, 1.165) is 50.4 Å². The van der Waals surface area contributed by atoms with Gasteiger partial charge < -0.3 is 0 Å². The Morgan fingerprint density at radius 3 is 2.40 bits per heavy atom. The molecule has 7 aromatic rings. The number of imide groups is 1. The van der Waals surface area contributed by atoms with Gasteiger partial charge in [-0.05, 0) is 88.2 Å². The van der Waals surface area contributed by atoms with Gasteiger partial charge >= 0.3 is 0 Å². The number of hydrogen-bond donors (Lipinski definition) is 0. The topological polar surface area (TPSA) is 78.5 Å². The second-order valence-corrected chi connectivity index (χ2v) is 13.0. The molecule has 6 nitrogen and oxygen atoms in total. The SMILES string of the molecule is N#Cc1cc2ccc(-c3ccc4c5c(cccc35)C(=O)N(c3ccc(C5=CC=C6C=CC=CC6C5)cc3)C4=O)cc2n2c1nc1ccccc12. The Hall–Kier alpha value is -6.84. The van der Waals surface area contributed by atoms with E-state index >= 15 is 0 Å². The first-order valence-electron chi connectivity index (χ1n) is 16.6. The summed E-state index contributed by atoms with van der Waals surface area (Å²) in [6.45, 7) is 0. The molecule has 0 spiro atoms. The number of benzene rings is 5. The van der Waals surface area contributed by atoms with Gasteiger partial charge in [0.25, 0.3) is 11.8 Å². The van der Waals surface area contributed by atoms with Crippen LogP contribution in [0, 0.1) is 17.2 Å². The van der Waals surface area contributed by atoms with Crippen LogP contribution >= 0.6 is 0 Å². The Morgan fingerprint density at radius 1 is 0.740 bits per heavy atom. The van der Waals surface area contributed by atoms with E-state index in [1.807, 2.05) is 95.4 Å². The largest absolute Gasteiger partial charge is 0.291 e. The zero-order valence-electron chi connectivity index (χ0n) is 26.7. The molecule has 6 heteroatoms. The quantitative estimate of drug-likeness (QED) is 0.180. The summed E-state index contributed by atoms with van der Waals surface area (Å²) < 4.78 is 2.04. The Balaban J connectivity index is 1.05. The number of imidazole rings is 1. The third-order valence-electron chi connectivity index (χ3n) is 10.3. The third kappa shape index (κ3) is 4.04. The maximum Gasteiger partial charge on any atom is 0.265 e. The molecule has 2 amide bonds. The second kappa shape index (κ2) is 10.6. The minimum Gasteiger partial charge on any atom is -0.291 e. The van der Waals surface area contributed by atoms with Gasteiger partial charge in [0.15, 0.2) is 5.65 Å². The molecule has 1 aliphatic heterocycles. The summed E-state index contributed by atoms with van der Waals surface area (Å²) in [5, 5.41) is 12.3. The molecule has 0 bridgehead atoms. The molecule has 1 atom stereocenters. The van der Waals surface area contributed by atoms with Gasteiger partial charge in [0.05, 0.1) is 27.8 Å².